The number of carbonyl (C=O) groups excluding carboxylic acids is 1. The van der Waals surface area contributed by atoms with E-state index in [1.807, 2.05) is 23.1 Å². The molecule has 0 unspecified atom stereocenters. The second-order valence-electron chi connectivity index (χ2n) is 5.82. The molecule has 21 heavy (non-hydrogen) atoms. The summed E-state index contributed by atoms with van der Waals surface area (Å²) in [6.45, 7) is 4.11. The summed E-state index contributed by atoms with van der Waals surface area (Å²) in [4.78, 5) is 14.5. The zero-order chi connectivity index (χ0) is 14.7. The highest BCUT2D eigenvalue weighted by Crippen LogP contribution is 2.32. The van der Waals surface area contributed by atoms with Gasteiger partial charge in [0.25, 0.3) is 5.91 Å². The molecular formula is C16H23N3O2. The van der Waals surface area contributed by atoms with Crippen LogP contribution in [0, 0.1) is 5.92 Å². The van der Waals surface area contributed by atoms with E-state index in [0.29, 0.717) is 31.5 Å². The first kappa shape index (κ1) is 14.5. The van der Waals surface area contributed by atoms with Crippen LogP contribution in [0.15, 0.2) is 30.3 Å². The first-order chi connectivity index (χ1) is 10.3. The molecule has 1 aromatic carbocycles. The topological polar surface area (TPSA) is 67.6 Å². The number of nitrogens with zero attached hydrogens (tertiary/aromatic N) is 1. The van der Waals surface area contributed by atoms with Crippen LogP contribution in [0.3, 0.4) is 0 Å². The van der Waals surface area contributed by atoms with Crippen LogP contribution >= 0.6 is 0 Å². The molecule has 0 radical (unpaired) electrons. The molecule has 2 aliphatic heterocycles. The Hall–Kier alpha value is -1.43. The summed E-state index contributed by atoms with van der Waals surface area (Å²) >= 11 is 0. The van der Waals surface area contributed by atoms with Crippen LogP contribution in [0.1, 0.15) is 11.5 Å². The van der Waals surface area contributed by atoms with Gasteiger partial charge in [-0.15, -0.1) is 0 Å². The summed E-state index contributed by atoms with van der Waals surface area (Å²) < 4.78 is 5.58. The Balaban J connectivity index is 1.70. The average Bonchev–Trinajstić information content (AvgIpc) is 3.00. The van der Waals surface area contributed by atoms with Gasteiger partial charge in [-0.05, 0) is 18.0 Å². The van der Waals surface area contributed by atoms with E-state index in [4.69, 9.17) is 10.5 Å². The van der Waals surface area contributed by atoms with Gasteiger partial charge in [-0.2, -0.15) is 0 Å². The summed E-state index contributed by atoms with van der Waals surface area (Å²) in [5.41, 5.74) is 7.19. The number of likely N-dealkylation sites (tertiary alicyclic amines) is 1. The van der Waals surface area contributed by atoms with Crippen molar-refractivity contribution in [2.75, 3.05) is 39.3 Å². The molecule has 2 saturated heterocycles. The van der Waals surface area contributed by atoms with Gasteiger partial charge < -0.3 is 20.7 Å². The van der Waals surface area contributed by atoms with Crippen molar-refractivity contribution < 1.29 is 9.53 Å². The fourth-order valence-electron chi connectivity index (χ4n) is 3.30. The lowest BCUT2D eigenvalue weighted by Gasteiger charge is -2.27. The molecule has 5 heteroatoms. The SMILES string of the molecule is NC[C@@H]1CN(C(=O)[C@H]2CNCCO2)C[C@H]1c1ccccc1. The first-order valence-corrected chi connectivity index (χ1v) is 7.65. The summed E-state index contributed by atoms with van der Waals surface area (Å²) in [5, 5.41) is 3.21. The molecule has 2 heterocycles. The van der Waals surface area contributed by atoms with Crippen molar-refractivity contribution in [1.82, 2.24) is 10.2 Å². The molecule has 0 bridgehead atoms. The largest absolute Gasteiger partial charge is 0.366 e. The molecule has 114 valence electrons. The zero-order valence-corrected chi connectivity index (χ0v) is 12.2. The van der Waals surface area contributed by atoms with E-state index in [1.54, 1.807) is 0 Å². The molecule has 5 nitrogen and oxygen atoms in total. The van der Waals surface area contributed by atoms with Crippen LogP contribution in [0.5, 0.6) is 0 Å². The third-order valence-corrected chi connectivity index (χ3v) is 4.49. The van der Waals surface area contributed by atoms with Crippen LogP contribution in [-0.4, -0.2) is 56.2 Å². The Kier molecular flexibility index (Phi) is 4.53. The Morgan fingerprint density at radius 3 is 2.81 bits per heavy atom. The van der Waals surface area contributed by atoms with Crippen molar-refractivity contribution in [1.29, 1.82) is 0 Å². The maximum Gasteiger partial charge on any atom is 0.253 e. The van der Waals surface area contributed by atoms with E-state index >= 15 is 0 Å². The lowest BCUT2D eigenvalue weighted by Crippen LogP contribution is -2.49. The number of rotatable bonds is 3. The normalized spacial score (nSPS) is 29.6. The minimum Gasteiger partial charge on any atom is -0.366 e. The van der Waals surface area contributed by atoms with Gasteiger partial charge in [0.1, 0.15) is 6.10 Å². The number of hydrogen-bond acceptors (Lipinski definition) is 4. The van der Waals surface area contributed by atoms with Crippen molar-refractivity contribution in [3.63, 3.8) is 0 Å². The molecule has 0 aromatic heterocycles. The monoisotopic (exact) mass is 289 g/mol. The number of benzene rings is 1. The molecule has 2 fully saturated rings. The number of amides is 1. The first-order valence-electron chi connectivity index (χ1n) is 7.65. The summed E-state index contributed by atoms with van der Waals surface area (Å²) in [7, 11) is 0. The van der Waals surface area contributed by atoms with Gasteiger partial charge in [0.2, 0.25) is 0 Å². The fourth-order valence-corrected chi connectivity index (χ4v) is 3.30. The zero-order valence-electron chi connectivity index (χ0n) is 12.2. The summed E-state index contributed by atoms with van der Waals surface area (Å²) in [6, 6.07) is 10.4. The minimum atomic E-state index is -0.341. The van der Waals surface area contributed by atoms with Gasteiger partial charge in [0.05, 0.1) is 6.61 Å². The number of carbonyl (C=O) groups is 1. The Labute approximate surface area is 125 Å². The van der Waals surface area contributed by atoms with Crippen molar-refractivity contribution >= 4 is 5.91 Å². The highest BCUT2D eigenvalue weighted by molar-refractivity contribution is 5.81. The number of nitrogens with one attached hydrogen (secondary N) is 1. The highest BCUT2D eigenvalue weighted by atomic mass is 16.5. The van der Waals surface area contributed by atoms with Gasteiger partial charge in [0, 0.05) is 32.1 Å². The van der Waals surface area contributed by atoms with E-state index < -0.39 is 0 Å². The van der Waals surface area contributed by atoms with Gasteiger partial charge in [-0.3, -0.25) is 4.79 Å². The van der Waals surface area contributed by atoms with Crippen molar-refractivity contribution in [3.8, 4) is 0 Å². The van der Waals surface area contributed by atoms with Crippen LogP contribution in [0.25, 0.3) is 0 Å². The molecule has 1 aromatic rings. The Morgan fingerprint density at radius 1 is 1.33 bits per heavy atom. The standard InChI is InChI=1S/C16H23N3O2/c17-8-13-10-19(16(20)15-9-18-6-7-21-15)11-14(13)12-4-2-1-3-5-12/h1-5,13-15,18H,6-11,17H2/t13-,14+,15-/m1/s1. The predicted molar refractivity (Wildman–Crippen MR) is 80.9 cm³/mol. The molecule has 0 saturated carbocycles. The molecule has 3 N–H and O–H groups in total. The Morgan fingerprint density at radius 2 is 2.14 bits per heavy atom. The van der Waals surface area contributed by atoms with Gasteiger partial charge in [-0.25, -0.2) is 0 Å². The summed E-state index contributed by atoms with van der Waals surface area (Å²) in [6.07, 6.45) is -0.341. The van der Waals surface area contributed by atoms with Gasteiger partial charge in [0.15, 0.2) is 0 Å². The highest BCUT2D eigenvalue weighted by Gasteiger charge is 2.38. The van der Waals surface area contributed by atoms with E-state index in [9.17, 15) is 4.79 Å². The maximum atomic E-state index is 12.6. The van der Waals surface area contributed by atoms with Gasteiger partial charge in [-0.1, -0.05) is 30.3 Å². The second kappa shape index (κ2) is 6.56. The quantitative estimate of drug-likeness (QED) is 0.833. The molecule has 0 aliphatic carbocycles. The molecule has 3 atom stereocenters. The van der Waals surface area contributed by atoms with E-state index in [2.05, 4.69) is 17.4 Å². The van der Waals surface area contributed by atoms with E-state index in [0.717, 1.165) is 19.6 Å². The summed E-state index contributed by atoms with van der Waals surface area (Å²) in [5.74, 6) is 0.753. The van der Waals surface area contributed by atoms with Crippen LogP contribution in [-0.2, 0) is 9.53 Å². The molecule has 0 spiro atoms. The maximum absolute atomic E-state index is 12.6. The second-order valence-corrected chi connectivity index (χ2v) is 5.82. The molecule has 3 rings (SSSR count). The fraction of sp³-hybridized carbons (Fsp3) is 0.562. The lowest BCUT2D eigenvalue weighted by molar-refractivity contribution is -0.144. The van der Waals surface area contributed by atoms with E-state index in [-0.39, 0.29) is 12.0 Å². The lowest BCUT2D eigenvalue weighted by atomic mass is 9.89. The number of hydrogen-bond donors (Lipinski definition) is 2. The smallest absolute Gasteiger partial charge is 0.253 e. The number of nitrogens with two attached hydrogens (primary N) is 1. The van der Waals surface area contributed by atoms with Crippen molar-refractivity contribution in [2.24, 2.45) is 11.7 Å². The van der Waals surface area contributed by atoms with Crippen LogP contribution < -0.4 is 11.1 Å². The molecule has 2 aliphatic rings. The third-order valence-electron chi connectivity index (χ3n) is 4.49. The van der Waals surface area contributed by atoms with Crippen molar-refractivity contribution in [2.45, 2.75) is 12.0 Å². The number of ether oxygens (including phenoxy) is 1. The average molecular weight is 289 g/mol. The molecular weight excluding hydrogens is 266 g/mol. The Bertz CT molecular complexity index is 474. The minimum absolute atomic E-state index is 0.0964. The van der Waals surface area contributed by atoms with Crippen LogP contribution in [0.2, 0.25) is 0 Å². The number of morpholine rings is 1. The third kappa shape index (κ3) is 3.10. The predicted octanol–water partition coefficient (Wildman–Crippen LogP) is 0.176. The van der Waals surface area contributed by atoms with Gasteiger partial charge >= 0.3 is 0 Å². The van der Waals surface area contributed by atoms with Crippen LogP contribution in [0.4, 0.5) is 0 Å². The van der Waals surface area contributed by atoms with Crippen molar-refractivity contribution in [3.05, 3.63) is 35.9 Å². The molecule has 1 amide bonds. The van der Waals surface area contributed by atoms with E-state index in [1.165, 1.54) is 5.56 Å².